The maximum Gasteiger partial charge on any atom is 0.122 e. The van der Waals surface area contributed by atoms with Crippen molar-refractivity contribution in [3.63, 3.8) is 0 Å². The predicted molar refractivity (Wildman–Crippen MR) is 82.9 cm³/mol. The number of hydrogen-bond donors (Lipinski definition) is 1. The molecular weight excluding hydrogens is 256 g/mol. The molecule has 3 nitrogen and oxygen atoms in total. The normalized spacial score (nSPS) is 13.2. The average Bonchev–Trinajstić information content (AvgIpc) is 2.80. The van der Waals surface area contributed by atoms with Crippen molar-refractivity contribution in [3.8, 4) is 0 Å². The number of hydrogen-bond acceptors (Lipinski definition) is 4. The van der Waals surface area contributed by atoms with Crippen LogP contribution < -0.4 is 5.32 Å². The quantitative estimate of drug-likeness (QED) is 0.736. The van der Waals surface area contributed by atoms with Gasteiger partial charge in [0.1, 0.15) is 11.1 Å². The van der Waals surface area contributed by atoms with E-state index in [9.17, 15) is 0 Å². The van der Waals surface area contributed by atoms with E-state index < -0.39 is 0 Å². The zero-order valence-corrected chi connectivity index (χ0v) is 13.8. The molecule has 19 heavy (non-hydrogen) atoms. The van der Waals surface area contributed by atoms with Crippen molar-refractivity contribution in [2.45, 2.75) is 66.0 Å². The zero-order chi connectivity index (χ0) is 14.3. The summed E-state index contributed by atoms with van der Waals surface area (Å²) in [6, 6.07) is 0. The van der Waals surface area contributed by atoms with Crippen LogP contribution >= 0.6 is 11.3 Å². The second-order valence-electron chi connectivity index (χ2n) is 5.03. The van der Waals surface area contributed by atoms with Crippen molar-refractivity contribution >= 4 is 11.3 Å². The minimum Gasteiger partial charge on any atom is -0.371 e. The standard InChI is InChI=1S/C15H28N2OS/c1-6-9-12(18-8-3)15-17-14(11(4)5)13(19-15)10-16-7-2/h11-12,16H,6-10H2,1-5H3. The molecule has 1 aromatic heterocycles. The van der Waals surface area contributed by atoms with Gasteiger partial charge in [0.05, 0.1) is 5.69 Å². The summed E-state index contributed by atoms with van der Waals surface area (Å²) in [5.41, 5.74) is 1.24. The van der Waals surface area contributed by atoms with Crippen LogP contribution in [0, 0.1) is 0 Å². The minimum atomic E-state index is 0.174. The molecule has 0 saturated heterocycles. The lowest BCUT2D eigenvalue weighted by Crippen LogP contribution is -2.12. The molecule has 1 heterocycles. The third-order valence-electron chi connectivity index (χ3n) is 3.02. The summed E-state index contributed by atoms with van der Waals surface area (Å²) in [6.45, 7) is 13.5. The molecule has 0 fully saturated rings. The van der Waals surface area contributed by atoms with Crippen LogP contribution in [0.1, 0.15) is 75.1 Å². The number of aromatic nitrogens is 1. The molecular formula is C15H28N2OS. The molecule has 0 spiro atoms. The molecule has 1 N–H and O–H groups in total. The van der Waals surface area contributed by atoms with E-state index in [-0.39, 0.29) is 6.10 Å². The number of ether oxygens (including phenoxy) is 1. The lowest BCUT2D eigenvalue weighted by Gasteiger charge is -2.13. The first-order chi connectivity index (χ1) is 9.13. The van der Waals surface area contributed by atoms with E-state index in [0.29, 0.717) is 5.92 Å². The molecule has 1 rings (SSSR count). The summed E-state index contributed by atoms with van der Waals surface area (Å²) in [5, 5.41) is 4.56. The molecule has 0 radical (unpaired) electrons. The van der Waals surface area contributed by atoms with Crippen LogP contribution in [-0.2, 0) is 11.3 Å². The van der Waals surface area contributed by atoms with Crippen molar-refractivity contribution in [2.75, 3.05) is 13.2 Å². The van der Waals surface area contributed by atoms with Gasteiger partial charge in [0, 0.05) is 18.0 Å². The second-order valence-corrected chi connectivity index (χ2v) is 6.14. The molecule has 110 valence electrons. The van der Waals surface area contributed by atoms with Gasteiger partial charge >= 0.3 is 0 Å². The summed E-state index contributed by atoms with van der Waals surface area (Å²) in [4.78, 5) is 6.22. The molecule has 0 aliphatic rings. The van der Waals surface area contributed by atoms with Gasteiger partial charge in [-0.05, 0) is 25.8 Å². The van der Waals surface area contributed by atoms with Crippen molar-refractivity contribution < 1.29 is 4.74 Å². The summed E-state index contributed by atoms with van der Waals surface area (Å²) < 4.78 is 5.85. The third-order valence-corrected chi connectivity index (χ3v) is 4.18. The van der Waals surface area contributed by atoms with Gasteiger partial charge in [0.2, 0.25) is 0 Å². The monoisotopic (exact) mass is 284 g/mol. The Hall–Kier alpha value is -0.450. The van der Waals surface area contributed by atoms with Gasteiger partial charge in [0.25, 0.3) is 0 Å². The smallest absolute Gasteiger partial charge is 0.122 e. The first-order valence-electron chi connectivity index (χ1n) is 7.45. The summed E-state index contributed by atoms with van der Waals surface area (Å²) in [5.74, 6) is 0.475. The van der Waals surface area contributed by atoms with Crippen LogP contribution in [0.25, 0.3) is 0 Å². The first kappa shape index (κ1) is 16.6. The first-order valence-corrected chi connectivity index (χ1v) is 8.27. The van der Waals surface area contributed by atoms with E-state index in [2.05, 4.69) is 39.9 Å². The maximum atomic E-state index is 5.85. The second kappa shape index (κ2) is 8.67. The molecule has 0 aliphatic heterocycles. The van der Waals surface area contributed by atoms with Gasteiger partial charge in [-0.1, -0.05) is 34.1 Å². The van der Waals surface area contributed by atoms with Crippen molar-refractivity contribution in [2.24, 2.45) is 0 Å². The van der Waals surface area contributed by atoms with Crippen LogP contribution in [0.15, 0.2) is 0 Å². The molecule has 0 bridgehead atoms. The minimum absolute atomic E-state index is 0.174. The predicted octanol–water partition coefficient (Wildman–Crippen LogP) is 4.25. The van der Waals surface area contributed by atoms with Crippen LogP contribution in [0.2, 0.25) is 0 Å². The van der Waals surface area contributed by atoms with E-state index in [1.807, 2.05) is 11.3 Å². The Labute approximate surface area is 121 Å². The molecule has 1 atom stereocenters. The Balaban J connectivity index is 2.93. The molecule has 1 aromatic rings. The van der Waals surface area contributed by atoms with Crippen molar-refractivity contribution in [1.82, 2.24) is 10.3 Å². The molecule has 0 saturated carbocycles. The van der Waals surface area contributed by atoms with Gasteiger partial charge in [-0.25, -0.2) is 4.98 Å². The highest BCUT2D eigenvalue weighted by Crippen LogP contribution is 2.32. The highest BCUT2D eigenvalue weighted by atomic mass is 32.1. The molecule has 4 heteroatoms. The van der Waals surface area contributed by atoms with Crippen molar-refractivity contribution in [1.29, 1.82) is 0 Å². The van der Waals surface area contributed by atoms with Gasteiger partial charge in [-0.15, -0.1) is 11.3 Å². The Kier molecular flexibility index (Phi) is 7.57. The van der Waals surface area contributed by atoms with E-state index >= 15 is 0 Å². The molecule has 0 amide bonds. The lowest BCUT2D eigenvalue weighted by atomic mass is 10.1. The molecule has 0 aliphatic carbocycles. The van der Waals surface area contributed by atoms with E-state index in [1.165, 1.54) is 10.6 Å². The largest absolute Gasteiger partial charge is 0.371 e. The highest BCUT2D eigenvalue weighted by molar-refractivity contribution is 7.11. The van der Waals surface area contributed by atoms with E-state index in [4.69, 9.17) is 9.72 Å². The SMILES string of the molecule is CCCC(OCC)c1nc(C(C)C)c(CNCC)s1. The average molecular weight is 284 g/mol. The van der Waals surface area contributed by atoms with Crippen LogP contribution in [0.5, 0.6) is 0 Å². The third kappa shape index (κ3) is 4.86. The number of thiazole rings is 1. The summed E-state index contributed by atoms with van der Waals surface area (Å²) in [6.07, 6.45) is 2.36. The Morgan fingerprint density at radius 2 is 2.00 bits per heavy atom. The Morgan fingerprint density at radius 1 is 1.26 bits per heavy atom. The van der Waals surface area contributed by atoms with Crippen LogP contribution in [0.3, 0.4) is 0 Å². The van der Waals surface area contributed by atoms with Gasteiger partial charge in [0.15, 0.2) is 0 Å². The maximum absolute atomic E-state index is 5.85. The fraction of sp³-hybridized carbons (Fsp3) is 0.800. The van der Waals surface area contributed by atoms with Crippen molar-refractivity contribution in [3.05, 3.63) is 15.6 Å². The number of nitrogens with zero attached hydrogens (tertiary/aromatic N) is 1. The Morgan fingerprint density at radius 3 is 2.53 bits per heavy atom. The summed E-state index contributed by atoms with van der Waals surface area (Å²) >= 11 is 1.82. The number of rotatable bonds is 9. The van der Waals surface area contributed by atoms with Gasteiger partial charge < -0.3 is 10.1 Å². The van der Waals surface area contributed by atoms with Gasteiger partial charge in [-0.3, -0.25) is 0 Å². The van der Waals surface area contributed by atoms with Gasteiger partial charge in [-0.2, -0.15) is 0 Å². The summed E-state index contributed by atoms with van der Waals surface area (Å²) in [7, 11) is 0. The fourth-order valence-corrected chi connectivity index (χ4v) is 3.35. The van der Waals surface area contributed by atoms with Crippen LogP contribution in [0.4, 0.5) is 0 Å². The topological polar surface area (TPSA) is 34.1 Å². The fourth-order valence-electron chi connectivity index (χ4n) is 2.08. The zero-order valence-electron chi connectivity index (χ0n) is 13.0. The Bertz CT molecular complexity index is 357. The lowest BCUT2D eigenvalue weighted by molar-refractivity contribution is 0.0554. The molecule has 1 unspecified atom stereocenters. The van der Waals surface area contributed by atoms with Crippen LogP contribution in [-0.4, -0.2) is 18.1 Å². The van der Waals surface area contributed by atoms with E-state index in [1.54, 1.807) is 0 Å². The molecule has 0 aromatic carbocycles. The highest BCUT2D eigenvalue weighted by Gasteiger charge is 2.20. The number of nitrogens with one attached hydrogen (secondary N) is 1. The van der Waals surface area contributed by atoms with E-state index in [0.717, 1.165) is 37.5 Å².